The van der Waals surface area contributed by atoms with Crippen molar-refractivity contribution >= 4 is 21.7 Å². The summed E-state index contributed by atoms with van der Waals surface area (Å²) in [4.78, 5) is 10.8. The summed E-state index contributed by atoms with van der Waals surface area (Å²) in [5.74, 6) is -0.705. The Morgan fingerprint density at radius 2 is 1.81 bits per heavy atom. The van der Waals surface area contributed by atoms with E-state index in [0.717, 1.165) is 5.56 Å². The summed E-state index contributed by atoms with van der Waals surface area (Å²) in [5.41, 5.74) is 1.54. The van der Waals surface area contributed by atoms with Gasteiger partial charge in [0.15, 0.2) is 0 Å². The zero-order chi connectivity index (χ0) is 16.0. The van der Waals surface area contributed by atoms with Crippen LogP contribution in [0.5, 0.6) is 0 Å². The Hall–Kier alpha value is -1.56. The number of anilines is 1. The fourth-order valence-corrected chi connectivity index (χ4v) is 3.63. The number of carbonyl (C=O) groups is 1. The predicted octanol–water partition coefficient (Wildman–Crippen LogP) is 2.65. The topological polar surface area (TPSA) is 74.7 Å². The summed E-state index contributed by atoms with van der Waals surface area (Å²) in [7, 11) is -3.51. The lowest BCUT2D eigenvalue weighted by Gasteiger charge is -2.24. The van der Waals surface area contributed by atoms with E-state index in [4.69, 9.17) is 5.11 Å². The average molecular weight is 313 g/mol. The second-order valence-corrected chi connectivity index (χ2v) is 7.56. The maximum atomic E-state index is 12.5. The quantitative estimate of drug-likeness (QED) is 0.800. The molecule has 118 valence electrons. The molecule has 1 aromatic carbocycles. The molecule has 0 saturated carbocycles. The second-order valence-electron chi connectivity index (χ2n) is 5.55. The van der Waals surface area contributed by atoms with Crippen molar-refractivity contribution in [3.8, 4) is 0 Å². The van der Waals surface area contributed by atoms with Crippen molar-refractivity contribution in [2.45, 2.75) is 33.6 Å². The molecule has 0 spiro atoms. The Bertz CT molecular complexity index is 564. The number of aryl methyl sites for hydroxylation is 1. The van der Waals surface area contributed by atoms with E-state index in [2.05, 4.69) is 0 Å². The van der Waals surface area contributed by atoms with Gasteiger partial charge in [0.1, 0.15) is 0 Å². The molecule has 0 bridgehead atoms. The molecule has 5 nitrogen and oxygen atoms in total. The van der Waals surface area contributed by atoms with Crippen LogP contribution in [-0.2, 0) is 14.8 Å². The van der Waals surface area contributed by atoms with Crippen LogP contribution in [0.25, 0.3) is 0 Å². The van der Waals surface area contributed by atoms with Crippen LogP contribution in [0.3, 0.4) is 0 Å². The highest BCUT2D eigenvalue weighted by molar-refractivity contribution is 7.92. The Balaban J connectivity index is 3.00. The number of benzene rings is 1. The van der Waals surface area contributed by atoms with Crippen LogP contribution in [0.2, 0.25) is 0 Å². The Kier molecular flexibility index (Phi) is 6.20. The van der Waals surface area contributed by atoms with E-state index in [0.29, 0.717) is 12.1 Å². The number of rotatable bonds is 8. The van der Waals surface area contributed by atoms with E-state index < -0.39 is 16.0 Å². The molecule has 0 heterocycles. The largest absolute Gasteiger partial charge is 0.481 e. The van der Waals surface area contributed by atoms with Gasteiger partial charge in [-0.3, -0.25) is 9.10 Å². The molecule has 0 radical (unpaired) electrons. The molecule has 0 aliphatic rings. The van der Waals surface area contributed by atoms with Crippen molar-refractivity contribution in [2.24, 2.45) is 5.92 Å². The summed E-state index contributed by atoms with van der Waals surface area (Å²) in [6.07, 6.45) is 0.340. The van der Waals surface area contributed by atoms with Gasteiger partial charge in [0.2, 0.25) is 10.0 Å². The second kappa shape index (κ2) is 7.45. The molecule has 1 rings (SSSR count). The van der Waals surface area contributed by atoms with E-state index in [1.807, 2.05) is 32.9 Å². The van der Waals surface area contributed by atoms with Crippen molar-refractivity contribution in [3.05, 3.63) is 29.8 Å². The van der Waals surface area contributed by atoms with Gasteiger partial charge in [0.25, 0.3) is 0 Å². The van der Waals surface area contributed by atoms with Crippen LogP contribution in [0.4, 0.5) is 5.69 Å². The molecule has 0 aliphatic carbocycles. The minimum absolute atomic E-state index is 0.0260. The Labute approximate surface area is 126 Å². The highest BCUT2D eigenvalue weighted by Crippen LogP contribution is 2.21. The smallest absolute Gasteiger partial charge is 0.305 e. The van der Waals surface area contributed by atoms with Crippen LogP contribution >= 0.6 is 0 Å². The van der Waals surface area contributed by atoms with Crippen LogP contribution in [0.1, 0.15) is 32.3 Å². The van der Waals surface area contributed by atoms with Crippen molar-refractivity contribution in [3.63, 3.8) is 0 Å². The zero-order valence-electron chi connectivity index (χ0n) is 12.7. The van der Waals surface area contributed by atoms with Crippen molar-refractivity contribution in [1.82, 2.24) is 0 Å². The summed E-state index contributed by atoms with van der Waals surface area (Å²) in [6, 6.07) is 7.07. The predicted molar refractivity (Wildman–Crippen MR) is 84.0 cm³/mol. The maximum Gasteiger partial charge on any atom is 0.305 e. The fourth-order valence-electron chi connectivity index (χ4n) is 1.83. The number of hydrogen-bond donors (Lipinski definition) is 1. The molecule has 0 amide bonds. The van der Waals surface area contributed by atoms with Gasteiger partial charge in [-0.2, -0.15) is 0 Å². The zero-order valence-corrected chi connectivity index (χ0v) is 13.6. The van der Waals surface area contributed by atoms with Crippen molar-refractivity contribution in [1.29, 1.82) is 0 Å². The monoisotopic (exact) mass is 313 g/mol. The van der Waals surface area contributed by atoms with E-state index in [9.17, 15) is 13.2 Å². The molecular formula is C15H23NO4S. The van der Waals surface area contributed by atoms with Gasteiger partial charge >= 0.3 is 5.97 Å². The highest BCUT2D eigenvalue weighted by Gasteiger charge is 2.23. The average Bonchev–Trinajstić information content (AvgIpc) is 2.38. The lowest BCUT2D eigenvalue weighted by Crippen LogP contribution is -2.35. The van der Waals surface area contributed by atoms with Gasteiger partial charge in [0, 0.05) is 6.54 Å². The van der Waals surface area contributed by atoms with Gasteiger partial charge < -0.3 is 5.11 Å². The lowest BCUT2D eigenvalue weighted by molar-refractivity contribution is -0.136. The first-order valence-electron chi connectivity index (χ1n) is 7.01. The van der Waals surface area contributed by atoms with Crippen LogP contribution in [-0.4, -0.2) is 31.8 Å². The molecular weight excluding hydrogens is 290 g/mol. The van der Waals surface area contributed by atoms with Gasteiger partial charge in [-0.15, -0.1) is 0 Å². The van der Waals surface area contributed by atoms with E-state index >= 15 is 0 Å². The lowest BCUT2D eigenvalue weighted by atomic mass is 10.2. The molecule has 0 aromatic heterocycles. The van der Waals surface area contributed by atoms with Gasteiger partial charge in [-0.1, -0.05) is 31.5 Å². The molecule has 0 unspecified atom stereocenters. The standard InChI is InChI=1S/C15H23NO4S/c1-12(2)9-11-21(19,20)16(10-8-15(17)18)14-6-4-13(3)5-7-14/h4-7,12H,8-11H2,1-3H3,(H,17,18). The first kappa shape index (κ1) is 17.5. The summed E-state index contributed by atoms with van der Waals surface area (Å²) < 4.78 is 26.1. The minimum atomic E-state index is -3.51. The SMILES string of the molecule is Cc1ccc(N(CCC(=O)O)S(=O)(=O)CCC(C)C)cc1. The molecule has 0 saturated heterocycles. The molecule has 0 fully saturated rings. The number of hydrogen-bond acceptors (Lipinski definition) is 3. The van der Waals surface area contributed by atoms with E-state index in [1.54, 1.807) is 12.1 Å². The third-order valence-electron chi connectivity index (χ3n) is 3.14. The number of carboxylic acids is 1. The van der Waals surface area contributed by atoms with E-state index in [-0.39, 0.29) is 24.6 Å². The highest BCUT2D eigenvalue weighted by atomic mass is 32.2. The number of carboxylic acid groups (broad SMARTS) is 1. The summed E-state index contributed by atoms with van der Waals surface area (Å²) in [5, 5.41) is 8.82. The molecule has 0 aliphatic heterocycles. The first-order valence-corrected chi connectivity index (χ1v) is 8.62. The molecule has 6 heteroatoms. The Morgan fingerprint density at radius 3 is 2.29 bits per heavy atom. The third kappa shape index (κ3) is 5.75. The van der Waals surface area contributed by atoms with Crippen molar-refractivity contribution in [2.75, 3.05) is 16.6 Å². The number of nitrogens with zero attached hydrogens (tertiary/aromatic N) is 1. The third-order valence-corrected chi connectivity index (χ3v) is 4.96. The van der Waals surface area contributed by atoms with Gasteiger partial charge in [0.05, 0.1) is 17.9 Å². The number of aliphatic carboxylic acids is 1. The summed E-state index contributed by atoms with van der Waals surface area (Å²) in [6.45, 7) is 5.80. The minimum Gasteiger partial charge on any atom is -0.481 e. The first-order chi connectivity index (χ1) is 9.72. The normalized spacial score (nSPS) is 11.6. The molecule has 1 N–H and O–H groups in total. The van der Waals surface area contributed by atoms with Crippen LogP contribution in [0.15, 0.2) is 24.3 Å². The van der Waals surface area contributed by atoms with Gasteiger partial charge in [-0.25, -0.2) is 8.42 Å². The number of sulfonamides is 1. The van der Waals surface area contributed by atoms with Crippen molar-refractivity contribution < 1.29 is 18.3 Å². The maximum absolute atomic E-state index is 12.5. The fraction of sp³-hybridized carbons (Fsp3) is 0.533. The molecule has 21 heavy (non-hydrogen) atoms. The van der Waals surface area contributed by atoms with Crippen LogP contribution in [0, 0.1) is 12.8 Å². The summed E-state index contributed by atoms with van der Waals surface area (Å²) >= 11 is 0. The molecule has 1 aromatic rings. The Morgan fingerprint density at radius 1 is 1.24 bits per heavy atom. The molecule has 0 atom stereocenters. The van der Waals surface area contributed by atoms with Crippen LogP contribution < -0.4 is 4.31 Å². The van der Waals surface area contributed by atoms with E-state index in [1.165, 1.54) is 4.31 Å². The van der Waals surface area contributed by atoms with Gasteiger partial charge in [-0.05, 0) is 31.4 Å².